The summed E-state index contributed by atoms with van der Waals surface area (Å²) in [6.07, 6.45) is 0. The quantitative estimate of drug-likeness (QED) is 0.701. The molecule has 0 bridgehead atoms. The van der Waals surface area contributed by atoms with Gasteiger partial charge in [-0.15, -0.1) is 0 Å². The van der Waals surface area contributed by atoms with E-state index in [0.29, 0.717) is 0 Å². The summed E-state index contributed by atoms with van der Waals surface area (Å²) < 4.78 is 54.2. The second-order valence-electron chi connectivity index (χ2n) is 5.16. The maximum absolute atomic E-state index is 13.7. The lowest BCUT2D eigenvalue weighted by molar-refractivity contribution is 0.567. The zero-order valence-electron chi connectivity index (χ0n) is 12.3. The molecule has 0 saturated heterocycles. The van der Waals surface area contributed by atoms with Crippen LogP contribution in [0.4, 0.5) is 8.78 Å². The van der Waals surface area contributed by atoms with Gasteiger partial charge in [0.25, 0.3) is 0 Å². The van der Waals surface area contributed by atoms with Gasteiger partial charge in [0.2, 0.25) is 10.0 Å². The van der Waals surface area contributed by atoms with Crippen molar-refractivity contribution in [1.29, 1.82) is 0 Å². The third kappa shape index (κ3) is 3.26. The van der Waals surface area contributed by atoms with Crippen molar-refractivity contribution in [2.45, 2.75) is 11.4 Å². The number of nitrogens with one attached hydrogen (secondary N) is 1. The van der Waals surface area contributed by atoms with Gasteiger partial charge in [0.1, 0.15) is 11.6 Å². The molecule has 0 aliphatic heterocycles. The molecule has 3 aromatic rings. The van der Waals surface area contributed by atoms with Gasteiger partial charge in [-0.2, -0.15) is 0 Å². The Morgan fingerprint density at radius 2 is 1.58 bits per heavy atom. The van der Waals surface area contributed by atoms with Crippen LogP contribution in [0, 0.1) is 11.6 Å². The van der Waals surface area contributed by atoms with Crippen LogP contribution in [0.3, 0.4) is 0 Å². The summed E-state index contributed by atoms with van der Waals surface area (Å²) >= 11 is 5.70. The second kappa shape index (κ2) is 6.47. The first-order valence-corrected chi connectivity index (χ1v) is 8.85. The Hall–Kier alpha value is -2.02. The first kappa shape index (κ1) is 16.8. The molecule has 0 aromatic heterocycles. The third-order valence-corrected chi connectivity index (χ3v) is 5.42. The standard InChI is InChI=1S/C17H12ClF2NO2S/c18-17-14(15(19)7-8-16(17)20)10-21-24(22,23)13-6-5-11-3-1-2-4-12(11)9-13/h1-9,21H,10H2. The molecule has 0 unspecified atom stereocenters. The normalized spacial score (nSPS) is 11.8. The number of hydrogen-bond donors (Lipinski definition) is 1. The highest BCUT2D eigenvalue weighted by atomic mass is 35.5. The van der Waals surface area contributed by atoms with Crippen LogP contribution in [0.5, 0.6) is 0 Å². The number of hydrogen-bond acceptors (Lipinski definition) is 2. The highest BCUT2D eigenvalue weighted by molar-refractivity contribution is 7.89. The molecule has 0 fully saturated rings. The Balaban J connectivity index is 1.90. The highest BCUT2D eigenvalue weighted by Crippen LogP contribution is 2.24. The van der Waals surface area contributed by atoms with Crippen LogP contribution in [-0.2, 0) is 16.6 Å². The summed E-state index contributed by atoms with van der Waals surface area (Å²) in [5, 5.41) is 1.22. The average molecular weight is 368 g/mol. The summed E-state index contributed by atoms with van der Waals surface area (Å²) in [4.78, 5) is 0.0362. The number of rotatable bonds is 4. The van der Waals surface area contributed by atoms with Gasteiger partial charge >= 0.3 is 0 Å². The maximum atomic E-state index is 13.7. The minimum atomic E-state index is -3.89. The van der Waals surface area contributed by atoms with E-state index < -0.39 is 33.2 Å². The molecule has 0 spiro atoms. The molecular weight excluding hydrogens is 356 g/mol. The van der Waals surface area contributed by atoms with Crippen molar-refractivity contribution < 1.29 is 17.2 Å². The van der Waals surface area contributed by atoms with E-state index in [2.05, 4.69) is 4.72 Å². The summed E-state index contributed by atoms with van der Waals surface area (Å²) in [7, 11) is -3.89. The van der Waals surface area contributed by atoms with Crippen molar-refractivity contribution in [3.63, 3.8) is 0 Å². The summed E-state index contributed by atoms with van der Waals surface area (Å²) in [5.41, 5.74) is -0.235. The van der Waals surface area contributed by atoms with E-state index in [1.54, 1.807) is 18.2 Å². The molecule has 3 nitrogen and oxygen atoms in total. The van der Waals surface area contributed by atoms with Crippen LogP contribution in [-0.4, -0.2) is 8.42 Å². The fourth-order valence-corrected chi connectivity index (χ4v) is 3.57. The van der Waals surface area contributed by atoms with E-state index in [0.717, 1.165) is 22.9 Å². The van der Waals surface area contributed by atoms with Gasteiger partial charge < -0.3 is 0 Å². The smallest absolute Gasteiger partial charge is 0.207 e. The van der Waals surface area contributed by atoms with Gasteiger partial charge in [-0.05, 0) is 35.0 Å². The van der Waals surface area contributed by atoms with Gasteiger partial charge in [-0.1, -0.05) is 41.9 Å². The molecule has 0 heterocycles. The average Bonchev–Trinajstić information content (AvgIpc) is 2.58. The Labute approximate surface area is 142 Å². The van der Waals surface area contributed by atoms with E-state index in [9.17, 15) is 17.2 Å². The first-order chi connectivity index (χ1) is 11.4. The van der Waals surface area contributed by atoms with E-state index in [1.165, 1.54) is 12.1 Å². The SMILES string of the molecule is O=S(=O)(NCc1c(F)ccc(F)c1Cl)c1ccc2ccccc2c1. The van der Waals surface area contributed by atoms with Crippen LogP contribution < -0.4 is 4.72 Å². The third-order valence-electron chi connectivity index (χ3n) is 3.61. The molecule has 3 rings (SSSR count). The lowest BCUT2D eigenvalue weighted by atomic mass is 10.1. The molecule has 0 atom stereocenters. The molecule has 0 amide bonds. The monoisotopic (exact) mass is 367 g/mol. The van der Waals surface area contributed by atoms with Crippen molar-refractivity contribution in [2.75, 3.05) is 0 Å². The lowest BCUT2D eigenvalue weighted by Gasteiger charge is -2.10. The molecule has 3 aromatic carbocycles. The molecule has 1 N–H and O–H groups in total. The lowest BCUT2D eigenvalue weighted by Crippen LogP contribution is -2.24. The van der Waals surface area contributed by atoms with Crippen LogP contribution >= 0.6 is 11.6 Å². The largest absolute Gasteiger partial charge is 0.240 e. The zero-order valence-corrected chi connectivity index (χ0v) is 13.8. The Morgan fingerprint density at radius 3 is 2.33 bits per heavy atom. The predicted octanol–water partition coefficient (Wildman–Crippen LogP) is 4.25. The maximum Gasteiger partial charge on any atom is 0.240 e. The van der Waals surface area contributed by atoms with Gasteiger partial charge in [0.15, 0.2) is 0 Å². The van der Waals surface area contributed by atoms with E-state index in [4.69, 9.17) is 11.6 Å². The van der Waals surface area contributed by atoms with Crippen molar-refractivity contribution in [3.05, 3.63) is 76.8 Å². The van der Waals surface area contributed by atoms with Crippen molar-refractivity contribution in [2.24, 2.45) is 0 Å². The molecular formula is C17H12ClF2NO2S. The van der Waals surface area contributed by atoms with Crippen LogP contribution in [0.15, 0.2) is 59.5 Å². The molecule has 124 valence electrons. The van der Waals surface area contributed by atoms with Crippen LogP contribution in [0.2, 0.25) is 5.02 Å². The van der Waals surface area contributed by atoms with Gasteiger partial charge in [0.05, 0.1) is 9.92 Å². The van der Waals surface area contributed by atoms with Gasteiger partial charge in [-0.25, -0.2) is 21.9 Å². The van der Waals surface area contributed by atoms with Gasteiger partial charge in [0, 0.05) is 12.1 Å². The van der Waals surface area contributed by atoms with Crippen molar-refractivity contribution in [3.8, 4) is 0 Å². The van der Waals surface area contributed by atoms with Gasteiger partial charge in [-0.3, -0.25) is 0 Å². The highest BCUT2D eigenvalue weighted by Gasteiger charge is 2.18. The number of halogens is 3. The van der Waals surface area contributed by atoms with E-state index in [-0.39, 0.29) is 10.5 Å². The van der Waals surface area contributed by atoms with Crippen molar-refractivity contribution >= 4 is 32.4 Å². The first-order valence-electron chi connectivity index (χ1n) is 6.99. The second-order valence-corrected chi connectivity index (χ2v) is 7.30. The minimum absolute atomic E-state index is 0.0362. The Bertz CT molecular complexity index is 1020. The Kier molecular flexibility index (Phi) is 4.54. The fourth-order valence-electron chi connectivity index (χ4n) is 2.32. The predicted molar refractivity (Wildman–Crippen MR) is 89.3 cm³/mol. The molecule has 0 aliphatic rings. The number of sulfonamides is 1. The molecule has 24 heavy (non-hydrogen) atoms. The molecule has 7 heteroatoms. The fraction of sp³-hybridized carbons (Fsp3) is 0.0588. The summed E-state index contributed by atoms with van der Waals surface area (Å²) in [6.45, 7) is -0.447. The summed E-state index contributed by atoms with van der Waals surface area (Å²) in [5.74, 6) is -1.58. The van der Waals surface area contributed by atoms with E-state index in [1.807, 2.05) is 12.1 Å². The van der Waals surface area contributed by atoms with Crippen LogP contribution in [0.25, 0.3) is 10.8 Å². The Morgan fingerprint density at radius 1 is 0.917 bits per heavy atom. The minimum Gasteiger partial charge on any atom is -0.207 e. The topological polar surface area (TPSA) is 46.2 Å². The summed E-state index contributed by atoms with van der Waals surface area (Å²) in [6, 6.07) is 13.7. The molecule has 0 saturated carbocycles. The number of fused-ring (bicyclic) bond motifs is 1. The van der Waals surface area contributed by atoms with E-state index >= 15 is 0 Å². The molecule has 0 radical (unpaired) electrons. The van der Waals surface area contributed by atoms with Crippen LogP contribution in [0.1, 0.15) is 5.56 Å². The zero-order chi connectivity index (χ0) is 17.3. The van der Waals surface area contributed by atoms with Crippen molar-refractivity contribution in [1.82, 2.24) is 4.72 Å². The molecule has 0 aliphatic carbocycles. The number of benzene rings is 3.